The number of thiophene rings is 2. The largest absolute Gasteiger partial charge is 0.491 e. The monoisotopic (exact) mass is 1000 g/mol. The Kier molecular flexibility index (Phi) is 22.1. The van der Waals surface area contributed by atoms with Crippen LogP contribution in [0.4, 0.5) is 26.3 Å². The Labute approximate surface area is 400 Å². The van der Waals surface area contributed by atoms with Gasteiger partial charge in [-0.05, 0) is 104 Å². The quantitative estimate of drug-likeness (QED) is 0.0257. The SMILES string of the molecule is CCOCCOCCOCCOCCOc1ccc(-c2cc(C3=C(c4cc(-c5ccc(OCCOCCOCCOCCOCC(=O)OC)cc5)sc4C)C(F)(F)C(F)(F)C3(F)F)c(C)s2)cc1. The van der Waals surface area contributed by atoms with Crippen LogP contribution >= 0.6 is 22.7 Å². The molecule has 1 aliphatic rings. The van der Waals surface area contributed by atoms with Crippen molar-refractivity contribution in [3.8, 4) is 32.4 Å². The minimum atomic E-state index is -5.70. The van der Waals surface area contributed by atoms with Crippen LogP contribution in [0.25, 0.3) is 32.0 Å². The fourth-order valence-corrected chi connectivity index (χ4v) is 8.79. The number of methoxy groups -OCH3 is 1. The fraction of sp³-hybridized carbons (Fsp3) is 0.521. The van der Waals surface area contributed by atoms with Gasteiger partial charge < -0.3 is 52.1 Å². The van der Waals surface area contributed by atoms with Gasteiger partial charge in [-0.3, -0.25) is 0 Å². The van der Waals surface area contributed by atoms with E-state index in [1.54, 1.807) is 48.5 Å². The molecule has 4 aromatic rings. The van der Waals surface area contributed by atoms with Gasteiger partial charge in [0.1, 0.15) is 31.3 Å². The van der Waals surface area contributed by atoms with E-state index in [0.717, 1.165) is 22.7 Å². The van der Waals surface area contributed by atoms with Crippen molar-refractivity contribution in [1.82, 2.24) is 0 Å². The summed E-state index contributed by atoms with van der Waals surface area (Å²) >= 11 is 2.07. The number of alkyl halides is 6. The van der Waals surface area contributed by atoms with Gasteiger partial charge in [-0.2, -0.15) is 26.3 Å². The highest BCUT2D eigenvalue weighted by molar-refractivity contribution is 7.16. The predicted molar refractivity (Wildman–Crippen MR) is 246 cm³/mol. The van der Waals surface area contributed by atoms with E-state index in [1.807, 2.05) is 6.92 Å². The molecule has 0 spiro atoms. The second-order valence-electron chi connectivity index (χ2n) is 14.9. The third-order valence-corrected chi connectivity index (χ3v) is 12.4. The van der Waals surface area contributed by atoms with Crippen LogP contribution < -0.4 is 9.47 Å². The van der Waals surface area contributed by atoms with Gasteiger partial charge in [0.15, 0.2) is 0 Å². The second kappa shape index (κ2) is 27.3. The van der Waals surface area contributed by atoms with Crippen LogP contribution in [0.1, 0.15) is 27.8 Å². The number of carbonyl (C=O) groups excluding carboxylic acids is 1. The minimum absolute atomic E-state index is 0.134. The number of aryl methyl sites for hydroxylation is 2. The van der Waals surface area contributed by atoms with E-state index < -0.39 is 34.9 Å². The maximum Gasteiger partial charge on any atom is 0.380 e. The van der Waals surface area contributed by atoms with E-state index in [0.29, 0.717) is 118 Å². The van der Waals surface area contributed by atoms with Crippen molar-refractivity contribution >= 4 is 39.8 Å². The Morgan fingerprint density at radius 1 is 0.485 bits per heavy atom. The molecular formula is C48H58F6O12S2. The van der Waals surface area contributed by atoms with E-state index in [4.69, 9.17) is 47.4 Å². The van der Waals surface area contributed by atoms with Crippen LogP contribution in [0.2, 0.25) is 0 Å². The molecule has 0 unspecified atom stereocenters. The topological polar surface area (TPSA) is 119 Å². The summed E-state index contributed by atoms with van der Waals surface area (Å²) in [7, 11) is 1.28. The third-order valence-electron chi connectivity index (χ3n) is 10.2. The normalized spacial score (nSPS) is 15.0. The molecule has 0 N–H and O–H groups in total. The molecule has 2 aromatic carbocycles. The molecule has 0 aliphatic heterocycles. The number of hydrogen-bond donors (Lipinski definition) is 0. The van der Waals surface area contributed by atoms with Crippen molar-refractivity contribution in [3.63, 3.8) is 0 Å². The molecule has 0 fully saturated rings. The molecule has 0 saturated carbocycles. The number of ether oxygens (including phenoxy) is 11. The average molecular weight is 1010 g/mol. The molecule has 0 bridgehead atoms. The van der Waals surface area contributed by atoms with E-state index in [-0.39, 0.29) is 53.9 Å². The van der Waals surface area contributed by atoms with E-state index >= 15 is 26.3 Å². The highest BCUT2D eigenvalue weighted by Gasteiger charge is 2.80. The van der Waals surface area contributed by atoms with Crippen molar-refractivity contribution in [1.29, 1.82) is 0 Å². The van der Waals surface area contributed by atoms with Gasteiger partial charge in [-0.1, -0.05) is 0 Å². The summed E-state index contributed by atoms with van der Waals surface area (Å²) in [6.45, 7) is 11.0. The maximum absolute atomic E-state index is 15.9. The molecule has 0 amide bonds. The first-order valence-corrected chi connectivity index (χ1v) is 23.6. The van der Waals surface area contributed by atoms with Gasteiger partial charge in [-0.25, -0.2) is 4.79 Å². The molecule has 12 nitrogen and oxygen atoms in total. The molecule has 5 rings (SSSR count). The molecule has 0 atom stereocenters. The summed E-state index contributed by atoms with van der Waals surface area (Å²) in [4.78, 5) is 12.2. The highest BCUT2D eigenvalue weighted by Crippen LogP contribution is 2.66. The number of hydrogen-bond acceptors (Lipinski definition) is 14. The van der Waals surface area contributed by atoms with E-state index in [1.165, 1.54) is 33.1 Å². The molecule has 68 heavy (non-hydrogen) atoms. The highest BCUT2D eigenvalue weighted by atomic mass is 32.1. The lowest BCUT2D eigenvalue weighted by Crippen LogP contribution is -2.48. The number of carbonyl (C=O) groups is 1. The molecule has 0 radical (unpaired) electrons. The molecule has 0 saturated heterocycles. The lowest BCUT2D eigenvalue weighted by molar-refractivity contribution is -0.254. The average Bonchev–Trinajstić information content (AvgIpc) is 3.93. The van der Waals surface area contributed by atoms with Gasteiger partial charge in [-0.15, -0.1) is 22.7 Å². The summed E-state index contributed by atoms with van der Waals surface area (Å²) in [5.74, 6) is -15.5. The number of rotatable bonds is 33. The smallest absolute Gasteiger partial charge is 0.380 e. The minimum Gasteiger partial charge on any atom is -0.491 e. The summed E-state index contributed by atoms with van der Waals surface area (Å²) < 4.78 is 153. The van der Waals surface area contributed by atoms with Crippen LogP contribution in [0.15, 0.2) is 60.7 Å². The summed E-state index contributed by atoms with van der Waals surface area (Å²) in [5.41, 5.74) is -2.41. The molecular weight excluding hydrogens is 947 g/mol. The summed E-state index contributed by atoms with van der Waals surface area (Å²) in [6.07, 6.45) is 0. The Morgan fingerprint density at radius 2 is 0.809 bits per heavy atom. The van der Waals surface area contributed by atoms with Gasteiger partial charge in [0, 0.05) is 37.3 Å². The zero-order valence-electron chi connectivity index (χ0n) is 38.5. The van der Waals surface area contributed by atoms with Crippen molar-refractivity contribution in [2.45, 2.75) is 38.5 Å². The number of halogens is 6. The first kappa shape index (κ1) is 54.8. The first-order chi connectivity index (χ1) is 32.7. The molecule has 20 heteroatoms. The van der Waals surface area contributed by atoms with Gasteiger partial charge in [0.05, 0.1) is 99.6 Å². The Bertz CT molecular complexity index is 2160. The summed E-state index contributed by atoms with van der Waals surface area (Å²) in [6, 6.07) is 15.9. The standard InChI is InChI=1S/C48H58F6O12S2/c1-5-57-14-15-58-16-17-59-20-22-62-26-28-65-37-10-6-35(7-11-37)41-30-39(33(2)67-41)44-45(47(51,52)48(53,54)46(44,49)50)40-31-42(68-34(40)3)36-8-12-38(13-9-36)66-29-27-63-23-21-60-18-19-61-24-25-64-32-43(55)56-4/h6-13,30-31H,5,14-29,32H2,1-4H3. The first-order valence-electron chi connectivity index (χ1n) is 22.0. The van der Waals surface area contributed by atoms with Crippen LogP contribution in [-0.4, -0.2) is 150 Å². The van der Waals surface area contributed by atoms with Crippen LogP contribution in [0.5, 0.6) is 11.5 Å². The van der Waals surface area contributed by atoms with Gasteiger partial charge in [0.25, 0.3) is 0 Å². The predicted octanol–water partition coefficient (Wildman–Crippen LogP) is 9.67. The lowest BCUT2D eigenvalue weighted by Gasteiger charge is -2.25. The van der Waals surface area contributed by atoms with E-state index in [2.05, 4.69) is 4.74 Å². The van der Waals surface area contributed by atoms with Crippen LogP contribution in [-0.2, 0) is 47.4 Å². The Hall–Kier alpha value is -4.09. The molecule has 2 aromatic heterocycles. The van der Waals surface area contributed by atoms with Crippen molar-refractivity contribution < 1.29 is 83.2 Å². The molecule has 1 aliphatic carbocycles. The van der Waals surface area contributed by atoms with E-state index in [9.17, 15) is 4.79 Å². The van der Waals surface area contributed by atoms with Crippen LogP contribution in [0.3, 0.4) is 0 Å². The number of esters is 1. The van der Waals surface area contributed by atoms with Crippen LogP contribution in [0, 0.1) is 13.8 Å². The molecule has 2 heterocycles. The van der Waals surface area contributed by atoms with Crippen molar-refractivity contribution in [2.24, 2.45) is 0 Å². The van der Waals surface area contributed by atoms with Gasteiger partial charge >= 0.3 is 23.7 Å². The zero-order chi connectivity index (χ0) is 49.0. The lowest BCUT2D eigenvalue weighted by atomic mass is 9.94. The van der Waals surface area contributed by atoms with Crippen molar-refractivity contribution in [2.75, 3.05) is 126 Å². The molecule has 376 valence electrons. The third kappa shape index (κ3) is 15.0. The number of allylic oxidation sites excluding steroid dienone is 2. The summed E-state index contributed by atoms with van der Waals surface area (Å²) in [5, 5.41) is 0. The Balaban J connectivity index is 1.13. The Morgan fingerprint density at radius 3 is 1.15 bits per heavy atom. The maximum atomic E-state index is 15.9. The number of benzene rings is 2. The van der Waals surface area contributed by atoms with Gasteiger partial charge in [0.2, 0.25) is 0 Å². The zero-order valence-corrected chi connectivity index (χ0v) is 40.1. The fourth-order valence-electron chi connectivity index (χ4n) is 6.72. The second-order valence-corrected chi connectivity index (χ2v) is 17.4. The van der Waals surface area contributed by atoms with Crippen molar-refractivity contribution in [3.05, 3.63) is 81.5 Å².